The van der Waals surface area contributed by atoms with Crippen LogP contribution in [0.4, 0.5) is 0 Å². The minimum Gasteiger partial charge on any atom is -0.383 e. The van der Waals surface area contributed by atoms with Crippen molar-refractivity contribution in [3.05, 3.63) is 35.4 Å². The second-order valence-electron chi connectivity index (χ2n) is 3.30. The molecule has 80 valence electrons. The van der Waals surface area contributed by atoms with Crippen molar-refractivity contribution in [3.8, 4) is 6.07 Å². The van der Waals surface area contributed by atoms with Gasteiger partial charge in [0.2, 0.25) is 0 Å². The van der Waals surface area contributed by atoms with E-state index in [0.29, 0.717) is 5.56 Å². The molecule has 1 aromatic carbocycles. The van der Waals surface area contributed by atoms with E-state index in [1.807, 2.05) is 24.3 Å². The quantitative estimate of drug-likeness (QED) is 0.711. The van der Waals surface area contributed by atoms with E-state index >= 15 is 0 Å². The Balaban J connectivity index is 2.23. The maximum Gasteiger partial charge on any atom is 0.0991 e. The van der Waals surface area contributed by atoms with Gasteiger partial charge in [-0.1, -0.05) is 12.1 Å². The van der Waals surface area contributed by atoms with Crippen molar-refractivity contribution < 1.29 is 4.74 Å². The summed E-state index contributed by atoms with van der Waals surface area (Å²) in [5.74, 6) is 0. The van der Waals surface area contributed by atoms with Crippen LogP contribution < -0.4 is 5.32 Å². The molecule has 15 heavy (non-hydrogen) atoms. The predicted octanol–water partition coefficient (Wildman–Crippen LogP) is 1.34. The molecule has 0 fully saturated rings. The third kappa shape index (κ3) is 4.59. The number of nitrogens with zero attached hydrogens (tertiary/aromatic N) is 1. The molecule has 0 bridgehead atoms. The van der Waals surface area contributed by atoms with Crippen molar-refractivity contribution in [1.29, 1.82) is 5.26 Å². The summed E-state index contributed by atoms with van der Waals surface area (Å²) in [7, 11) is 1.70. The van der Waals surface area contributed by atoms with Gasteiger partial charge in [0, 0.05) is 13.7 Å². The first-order valence-corrected chi connectivity index (χ1v) is 5.05. The highest BCUT2D eigenvalue weighted by atomic mass is 16.5. The SMILES string of the molecule is COCCNCCc1ccc(C#N)cc1. The zero-order chi connectivity index (χ0) is 10.9. The van der Waals surface area contributed by atoms with Gasteiger partial charge in [0.15, 0.2) is 0 Å². The monoisotopic (exact) mass is 204 g/mol. The molecule has 0 atom stereocenters. The van der Waals surface area contributed by atoms with Crippen LogP contribution >= 0.6 is 0 Å². The van der Waals surface area contributed by atoms with E-state index in [0.717, 1.165) is 26.1 Å². The van der Waals surface area contributed by atoms with Crippen LogP contribution in [0.3, 0.4) is 0 Å². The zero-order valence-corrected chi connectivity index (χ0v) is 8.99. The van der Waals surface area contributed by atoms with E-state index < -0.39 is 0 Å². The molecular weight excluding hydrogens is 188 g/mol. The first-order chi connectivity index (χ1) is 7.36. The van der Waals surface area contributed by atoms with Crippen LogP contribution in [0.25, 0.3) is 0 Å². The highest BCUT2D eigenvalue weighted by Gasteiger charge is 1.93. The summed E-state index contributed by atoms with van der Waals surface area (Å²) in [6.45, 7) is 2.56. The fourth-order valence-corrected chi connectivity index (χ4v) is 1.28. The molecule has 3 heteroatoms. The molecule has 0 heterocycles. The van der Waals surface area contributed by atoms with Gasteiger partial charge < -0.3 is 10.1 Å². The number of hydrogen-bond donors (Lipinski definition) is 1. The zero-order valence-electron chi connectivity index (χ0n) is 8.99. The van der Waals surface area contributed by atoms with Crippen LogP contribution in [0.1, 0.15) is 11.1 Å². The molecule has 3 nitrogen and oxygen atoms in total. The number of benzene rings is 1. The molecule has 1 N–H and O–H groups in total. The summed E-state index contributed by atoms with van der Waals surface area (Å²) in [4.78, 5) is 0. The Morgan fingerprint density at radius 3 is 2.60 bits per heavy atom. The number of hydrogen-bond acceptors (Lipinski definition) is 3. The topological polar surface area (TPSA) is 45.0 Å². The van der Waals surface area contributed by atoms with Crippen LogP contribution in [0.5, 0.6) is 0 Å². The van der Waals surface area contributed by atoms with Gasteiger partial charge in [0.05, 0.1) is 18.2 Å². The standard InChI is InChI=1S/C12H16N2O/c1-15-9-8-14-7-6-11-2-4-12(10-13)5-3-11/h2-5,14H,6-9H2,1H3. The van der Waals surface area contributed by atoms with Crippen molar-refractivity contribution in [2.75, 3.05) is 26.8 Å². The summed E-state index contributed by atoms with van der Waals surface area (Å²) < 4.78 is 4.93. The second kappa shape index (κ2) is 6.99. The van der Waals surface area contributed by atoms with Crippen molar-refractivity contribution in [2.24, 2.45) is 0 Å². The van der Waals surface area contributed by atoms with Crippen molar-refractivity contribution >= 4 is 0 Å². The molecule has 0 saturated carbocycles. The van der Waals surface area contributed by atoms with Crippen LogP contribution in [0, 0.1) is 11.3 Å². The summed E-state index contributed by atoms with van der Waals surface area (Å²) in [6.07, 6.45) is 0.982. The lowest BCUT2D eigenvalue weighted by molar-refractivity contribution is 0.199. The van der Waals surface area contributed by atoms with E-state index in [2.05, 4.69) is 11.4 Å². The van der Waals surface area contributed by atoms with Crippen LogP contribution in [-0.2, 0) is 11.2 Å². The lowest BCUT2D eigenvalue weighted by atomic mass is 10.1. The number of nitriles is 1. The summed E-state index contributed by atoms with van der Waals surface area (Å²) in [6, 6.07) is 9.80. The highest BCUT2D eigenvalue weighted by Crippen LogP contribution is 2.03. The molecule has 0 aliphatic rings. The van der Waals surface area contributed by atoms with Gasteiger partial charge in [0.1, 0.15) is 0 Å². The first-order valence-electron chi connectivity index (χ1n) is 5.05. The minimum atomic E-state index is 0.714. The Labute approximate surface area is 90.7 Å². The summed E-state index contributed by atoms with van der Waals surface area (Å²) in [5.41, 5.74) is 1.96. The molecular formula is C12H16N2O. The van der Waals surface area contributed by atoms with Gasteiger partial charge in [-0.25, -0.2) is 0 Å². The summed E-state index contributed by atoms with van der Waals surface area (Å²) >= 11 is 0. The lowest BCUT2D eigenvalue weighted by Crippen LogP contribution is -2.21. The van der Waals surface area contributed by atoms with Crippen LogP contribution in [0.2, 0.25) is 0 Å². The number of ether oxygens (including phenoxy) is 1. The largest absolute Gasteiger partial charge is 0.383 e. The molecule has 0 spiro atoms. The molecule has 0 aromatic heterocycles. The van der Waals surface area contributed by atoms with Crippen molar-refractivity contribution in [1.82, 2.24) is 5.32 Å². The van der Waals surface area contributed by atoms with Gasteiger partial charge in [-0.3, -0.25) is 0 Å². The van der Waals surface area contributed by atoms with Gasteiger partial charge in [-0.05, 0) is 30.7 Å². The third-order valence-electron chi connectivity index (χ3n) is 2.16. The molecule has 0 radical (unpaired) electrons. The van der Waals surface area contributed by atoms with E-state index in [1.54, 1.807) is 7.11 Å². The molecule has 0 unspecified atom stereocenters. The Hall–Kier alpha value is -1.37. The lowest BCUT2D eigenvalue weighted by Gasteiger charge is -2.03. The molecule has 0 aliphatic heterocycles. The maximum absolute atomic E-state index is 8.63. The third-order valence-corrected chi connectivity index (χ3v) is 2.16. The van der Waals surface area contributed by atoms with E-state index in [1.165, 1.54) is 5.56 Å². The van der Waals surface area contributed by atoms with Crippen LogP contribution in [0.15, 0.2) is 24.3 Å². The Bertz CT molecular complexity index is 313. The normalized spacial score (nSPS) is 9.87. The fraction of sp³-hybridized carbons (Fsp3) is 0.417. The number of methoxy groups -OCH3 is 1. The van der Waals surface area contributed by atoms with E-state index in [-0.39, 0.29) is 0 Å². The molecule has 1 aromatic rings. The number of nitrogens with one attached hydrogen (secondary N) is 1. The molecule has 0 saturated heterocycles. The maximum atomic E-state index is 8.63. The second-order valence-corrected chi connectivity index (χ2v) is 3.30. The molecule has 0 amide bonds. The smallest absolute Gasteiger partial charge is 0.0991 e. The molecule has 1 rings (SSSR count). The van der Waals surface area contributed by atoms with Crippen LogP contribution in [-0.4, -0.2) is 26.8 Å². The van der Waals surface area contributed by atoms with E-state index in [9.17, 15) is 0 Å². The average molecular weight is 204 g/mol. The van der Waals surface area contributed by atoms with Crippen molar-refractivity contribution in [3.63, 3.8) is 0 Å². The minimum absolute atomic E-state index is 0.714. The number of rotatable bonds is 6. The van der Waals surface area contributed by atoms with Crippen molar-refractivity contribution in [2.45, 2.75) is 6.42 Å². The van der Waals surface area contributed by atoms with Gasteiger partial charge in [-0.2, -0.15) is 5.26 Å². The first kappa shape index (κ1) is 11.7. The van der Waals surface area contributed by atoms with Gasteiger partial charge in [-0.15, -0.1) is 0 Å². The fourth-order valence-electron chi connectivity index (χ4n) is 1.28. The Morgan fingerprint density at radius 1 is 1.27 bits per heavy atom. The Morgan fingerprint density at radius 2 is 2.00 bits per heavy atom. The average Bonchev–Trinajstić information content (AvgIpc) is 2.30. The van der Waals surface area contributed by atoms with E-state index in [4.69, 9.17) is 10.00 Å². The highest BCUT2D eigenvalue weighted by molar-refractivity contribution is 5.31. The Kier molecular flexibility index (Phi) is 5.46. The van der Waals surface area contributed by atoms with Gasteiger partial charge in [0.25, 0.3) is 0 Å². The van der Waals surface area contributed by atoms with Gasteiger partial charge >= 0.3 is 0 Å². The molecule has 0 aliphatic carbocycles. The summed E-state index contributed by atoms with van der Waals surface area (Å²) in [5, 5.41) is 11.9. The predicted molar refractivity (Wildman–Crippen MR) is 59.6 cm³/mol.